The van der Waals surface area contributed by atoms with Crippen LogP contribution in [-0.2, 0) is 4.79 Å². The van der Waals surface area contributed by atoms with Gasteiger partial charge in [-0.3, -0.25) is 0 Å². The van der Waals surface area contributed by atoms with Crippen LogP contribution in [0.5, 0.6) is 0 Å². The zero-order valence-corrected chi connectivity index (χ0v) is 9.63. The van der Waals surface area contributed by atoms with Gasteiger partial charge < -0.3 is 10.4 Å². The third kappa shape index (κ3) is 2.14. The zero-order valence-electron chi connectivity index (χ0n) is 8.87. The molecule has 0 unspecified atom stereocenters. The molecule has 86 valence electrons. The Morgan fingerprint density at radius 1 is 1.38 bits per heavy atom. The number of carboxylic acid groups (broad SMARTS) is 1. The highest BCUT2D eigenvalue weighted by atomic mass is 35.5. The van der Waals surface area contributed by atoms with Gasteiger partial charge in [-0.2, -0.15) is 0 Å². The van der Waals surface area contributed by atoms with Gasteiger partial charge in [0.2, 0.25) is 0 Å². The molecular weight excluding hydrogens is 226 g/mol. The minimum absolute atomic E-state index is 0.614. The normalized spacial score (nSPS) is 18.3. The fourth-order valence-electron chi connectivity index (χ4n) is 2.21. The molecule has 0 spiro atoms. The van der Waals surface area contributed by atoms with E-state index in [0.29, 0.717) is 17.9 Å². The van der Waals surface area contributed by atoms with Gasteiger partial charge in [0.1, 0.15) is 5.54 Å². The van der Waals surface area contributed by atoms with Gasteiger partial charge in [0.25, 0.3) is 0 Å². The molecule has 1 aromatic rings. The Hall–Kier alpha value is -1.22. The maximum absolute atomic E-state index is 11.3. The molecule has 1 aromatic carbocycles. The standard InChI is InChI=1S/C12H14ClNO2/c13-9-4-3-5-10(8-9)14-12(11(15)16)6-1-2-7-12/h3-5,8,14H,1-2,6-7H2,(H,15,16). The van der Waals surface area contributed by atoms with Crippen LogP contribution in [0.3, 0.4) is 0 Å². The number of aliphatic carboxylic acids is 1. The molecule has 2 N–H and O–H groups in total. The van der Waals surface area contributed by atoms with Crippen molar-refractivity contribution in [2.45, 2.75) is 31.2 Å². The summed E-state index contributed by atoms with van der Waals surface area (Å²) in [6.07, 6.45) is 3.27. The van der Waals surface area contributed by atoms with E-state index < -0.39 is 11.5 Å². The Balaban J connectivity index is 2.21. The molecule has 16 heavy (non-hydrogen) atoms. The second kappa shape index (κ2) is 4.34. The lowest BCUT2D eigenvalue weighted by Crippen LogP contribution is -2.43. The smallest absolute Gasteiger partial charge is 0.329 e. The minimum Gasteiger partial charge on any atom is -0.480 e. The minimum atomic E-state index is -0.801. The molecule has 0 heterocycles. The molecule has 0 radical (unpaired) electrons. The third-order valence-corrected chi connectivity index (χ3v) is 3.31. The summed E-state index contributed by atoms with van der Waals surface area (Å²) in [6, 6.07) is 7.18. The Bertz CT molecular complexity index is 400. The van der Waals surface area contributed by atoms with Crippen molar-refractivity contribution in [3.63, 3.8) is 0 Å². The number of nitrogens with one attached hydrogen (secondary N) is 1. The number of halogens is 1. The van der Waals surface area contributed by atoms with Crippen LogP contribution in [0.25, 0.3) is 0 Å². The van der Waals surface area contributed by atoms with E-state index in [1.807, 2.05) is 12.1 Å². The third-order valence-electron chi connectivity index (χ3n) is 3.07. The lowest BCUT2D eigenvalue weighted by Gasteiger charge is -2.26. The molecule has 0 saturated heterocycles. The van der Waals surface area contributed by atoms with Crippen molar-refractivity contribution in [3.05, 3.63) is 29.3 Å². The molecule has 0 amide bonds. The monoisotopic (exact) mass is 239 g/mol. The Morgan fingerprint density at radius 3 is 2.62 bits per heavy atom. The van der Waals surface area contributed by atoms with Crippen molar-refractivity contribution in [1.29, 1.82) is 0 Å². The molecular formula is C12H14ClNO2. The van der Waals surface area contributed by atoms with Crippen LogP contribution in [0.15, 0.2) is 24.3 Å². The van der Waals surface area contributed by atoms with Gasteiger partial charge in [-0.1, -0.05) is 30.5 Å². The van der Waals surface area contributed by atoms with Crippen molar-refractivity contribution in [2.75, 3.05) is 5.32 Å². The number of carboxylic acids is 1. The topological polar surface area (TPSA) is 49.3 Å². The van der Waals surface area contributed by atoms with Crippen LogP contribution >= 0.6 is 11.6 Å². The molecule has 2 rings (SSSR count). The fraction of sp³-hybridized carbons (Fsp3) is 0.417. The molecule has 0 bridgehead atoms. The number of rotatable bonds is 3. The SMILES string of the molecule is O=C(O)C1(Nc2cccc(Cl)c2)CCCC1. The Labute approximate surface area is 99.4 Å². The van der Waals surface area contributed by atoms with Gasteiger partial charge >= 0.3 is 5.97 Å². The number of carbonyl (C=O) groups is 1. The first-order chi connectivity index (χ1) is 7.62. The van der Waals surface area contributed by atoms with E-state index in [9.17, 15) is 9.90 Å². The van der Waals surface area contributed by atoms with Crippen molar-refractivity contribution in [2.24, 2.45) is 0 Å². The van der Waals surface area contributed by atoms with Crippen molar-refractivity contribution >= 4 is 23.3 Å². The summed E-state index contributed by atoms with van der Waals surface area (Å²) in [5.41, 5.74) is -0.0261. The maximum Gasteiger partial charge on any atom is 0.329 e. The van der Waals surface area contributed by atoms with Gasteiger partial charge in [0.15, 0.2) is 0 Å². The van der Waals surface area contributed by atoms with E-state index in [4.69, 9.17) is 11.6 Å². The highest BCUT2D eigenvalue weighted by Crippen LogP contribution is 2.33. The molecule has 1 fully saturated rings. The number of anilines is 1. The lowest BCUT2D eigenvalue weighted by atomic mass is 9.97. The van der Waals surface area contributed by atoms with Crippen LogP contribution in [-0.4, -0.2) is 16.6 Å². The van der Waals surface area contributed by atoms with E-state index in [1.165, 1.54) is 0 Å². The average molecular weight is 240 g/mol. The van der Waals surface area contributed by atoms with Crippen LogP contribution in [0, 0.1) is 0 Å². The number of hydrogen-bond acceptors (Lipinski definition) is 2. The van der Waals surface area contributed by atoms with Gasteiger partial charge in [-0.25, -0.2) is 4.79 Å². The largest absolute Gasteiger partial charge is 0.480 e. The molecule has 1 aliphatic rings. The van der Waals surface area contributed by atoms with Gasteiger partial charge in [-0.15, -0.1) is 0 Å². The summed E-state index contributed by atoms with van der Waals surface area (Å²) in [7, 11) is 0. The highest BCUT2D eigenvalue weighted by Gasteiger charge is 2.41. The van der Waals surface area contributed by atoms with Crippen LogP contribution < -0.4 is 5.32 Å². The van der Waals surface area contributed by atoms with Crippen LogP contribution in [0.4, 0.5) is 5.69 Å². The van der Waals surface area contributed by atoms with Crippen molar-refractivity contribution in [3.8, 4) is 0 Å². The average Bonchev–Trinajstić information content (AvgIpc) is 2.67. The second-order valence-electron chi connectivity index (χ2n) is 4.23. The van der Waals surface area contributed by atoms with Gasteiger partial charge in [0, 0.05) is 10.7 Å². The Kier molecular flexibility index (Phi) is 3.06. The van der Waals surface area contributed by atoms with Gasteiger partial charge in [0.05, 0.1) is 0 Å². The Morgan fingerprint density at radius 2 is 2.06 bits per heavy atom. The van der Waals surface area contributed by atoms with E-state index in [1.54, 1.807) is 12.1 Å². The summed E-state index contributed by atoms with van der Waals surface area (Å²) in [4.78, 5) is 11.3. The molecule has 0 aliphatic heterocycles. The summed E-state index contributed by atoms with van der Waals surface area (Å²) in [5.74, 6) is -0.773. The van der Waals surface area contributed by atoms with E-state index in [2.05, 4.69) is 5.32 Å². The summed E-state index contributed by atoms with van der Waals surface area (Å²) in [6.45, 7) is 0. The second-order valence-corrected chi connectivity index (χ2v) is 4.67. The predicted molar refractivity (Wildman–Crippen MR) is 63.9 cm³/mol. The predicted octanol–water partition coefficient (Wildman–Crippen LogP) is 3.15. The van der Waals surface area contributed by atoms with Crippen molar-refractivity contribution < 1.29 is 9.90 Å². The molecule has 1 saturated carbocycles. The van der Waals surface area contributed by atoms with E-state index in [0.717, 1.165) is 18.5 Å². The van der Waals surface area contributed by atoms with Crippen molar-refractivity contribution in [1.82, 2.24) is 0 Å². The van der Waals surface area contributed by atoms with E-state index in [-0.39, 0.29) is 0 Å². The fourth-order valence-corrected chi connectivity index (χ4v) is 2.40. The first-order valence-corrected chi connectivity index (χ1v) is 5.77. The van der Waals surface area contributed by atoms with Crippen LogP contribution in [0.1, 0.15) is 25.7 Å². The summed E-state index contributed by atoms with van der Waals surface area (Å²) in [5, 5.41) is 13.0. The molecule has 3 nitrogen and oxygen atoms in total. The molecule has 1 aliphatic carbocycles. The molecule has 0 atom stereocenters. The number of hydrogen-bond donors (Lipinski definition) is 2. The molecule has 4 heteroatoms. The first-order valence-electron chi connectivity index (χ1n) is 5.40. The van der Waals surface area contributed by atoms with Crippen LogP contribution in [0.2, 0.25) is 5.02 Å². The summed E-state index contributed by atoms with van der Waals surface area (Å²) < 4.78 is 0. The van der Waals surface area contributed by atoms with Gasteiger partial charge in [-0.05, 0) is 31.0 Å². The zero-order chi connectivity index (χ0) is 11.6. The molecule has 0 aromatic heterocycles. The number of benzene rings is 1. The first kappa shape index (κ1) is 11.3. The quantitative estimate of drug-likeness (QED) is 0.852. The highest BCUT2D eigenvalue weighted by molar-refractivity contribution is 6.30. The lowest BCUT2D eigenvalue weighted by molar-refractivity contribution is -0.142. The maximum atomic E-state index is 11.3. The summed E-state index contributed by atoms with van der Waals surface area (Å²) >= 11 is 5.87. The van der Waals surface area contributed by atoms with E-state index >= 15 is 0 Å².